The van der Waals surface area contributed by atoms with Gasteiger partial charge in [-0.3, -0.25) is 0 Å². The summed E-state index contributed by atoms with van der Waals surface area (Å²) < 4.78 is 0. The van der Waals surface area contributed by atoms with E-state index in [1.807, 2.05) is 56.3 Å². The lowest BCUT2D eigenvalue weighted by molar-refractivity contribution is 0.818. The molecule has 0 aliphatic rings. The van der Waals surface area contributed by atoms with Crippen LogP contribution < -0.4 is 10.6 Å². The molecule has 94 valence electrons. The highest BCUT2D eigenvalue weighted by Gasteiger charge is 2.04. The summed E-state index contributed by atoms with van der Waals surface area (Å²) in [6, 6.07) is 10.1. The van der Waals surface area contributed by atoms with Crippen LogP contribution in [0.1, 0.15) is 18.5 Å². The lowest BCUT2D eigenvalue weighted by Gasteiger charge is -2.11. The Hall–Kier alpha value is -1.94. The van der Waals surface area contributed by atoms with Gasteiger partial charge in [0.2, 0.25) is 5.95 Å². The highest BCUT2D eigenvalue weighted by molar-refractivity contribution is 5.60. The normalized spacial score (nSPS) is 12.2. The van der Waals surface area contributed by atoms with Crippen LogP contribution in [0.2, 0.25) is 0 Å². The van der Waals surface area contributed by atoms with Crippen LogP contribution in [0, 0.1) is 0 Å². The number of rotatable bonds is 3. The minimum absolute atomic E-state index is 0.0572. The van der Waals surface area contributed by atoms with Crippen molar-refractivity contribution in [2.45, 2.75) is 13.0 Å². The SMILES string of the molecule is CC(N)c1ccc(-c2ccnc(N(C)C)n2)cc1. The third kappa shape index (κ3) is 2.65. The monoisotopic (exact) mass is 242 g/mol. The minimum Gasteiger partial charge on any atom is -0.347 e. The zero-order chi connectivity index (χ0) is 13.1. The highest BCUT2D eigenvalue weighted by Crippen LogP contribution is 2.20. The number of nitrogens with two attached hydrogens (primary N) is 1. The molecule has 0 radical (unpaired) electrons. The molecule has 2 rings (SSSR count). The molecule has 4 nitrogen and oxygen atoms in total. The lowest BCUT2D eigenvalue weighted by Crippen LogP contribution is -2.12. The van der Waals surface area contributed by atoms with Crippen molar-refractivity contribution in [1.82, 2.24) is 9.97 Å². The zero-order valence-corrected chi connectivity index (χ0v) is 11.0. The van der Waals surface area contributed by atoms with Crippen molar-refractivity contribution in [2.75, 3.05) is 19.0 Å². The molecule has 2 N–H and O–H groups in total. The Kier molecular flexibility index (Phi) is 3.58. The van der Waals surface area contributed by atoms with Gasteiger partial charge in [0, 0.05) is 31.9 Å². The summed E-state index contributed by atoms with van der Waals surface area (Å²) in [5.74, 6) is 0.712. The number of aromatic nitrogens is 2. The third-order valence-electron chi connectivity index (χ3n) is 2.78. The number of benzene rings is 1. The van der Waals surface area contributed by atoms with E-state index >= 15 is 0 Å². The van der Waals surface area contributed by atoms with E-state index in [9.17, 15) is 0 Å². The predicted molar refractivity (Wildman–Crippen MR) is 74.4 cm³/mol. The van der Waals surface area contributed by atoms with Crippen molar-refractivity contribution >= 4 is 5.95 Å². The summed E-state index contributed by atoms with van der Waals surface area (Å²) in [6.45, 7) is 1.98. The third-order valence-corrected chi connectivity index (χ3v) is 2.78. The summed E-state index contributed by atoms with van der Waals surface area (Å²) in [7, 11) is 3.86. The molecule has 1 heterocycles. The molecule has 0 bridgehead atoms. The maximum atomic E-state index is 5.83. The van der Waals surface area contributed by atoms with Gasteiger partial charge in [-0.05, 0) is 18.6 Å². The summed E-state index contributed by atoms with van der Waals surface area (Å²) >= 11 is 0. The van der Waals surface area contributed by atoms with Gasteiger partial charge in [0.05, 0.1) is 5.69 Å². The lowest BCUT2D eigenvalue weighted by atomic mass is 10.1. The van der Waals surface area contributed by atoms with Crippen LogP contribution in [-0.4, -0.2) is 24.1 Å². The van der Waals surface area contributed by atoms with Gasteiger partial charge in [0.1, 0.15) is 0 Å². The maximum absolute atomic E-state index is 5.83. The van der Waals surface area contributed by atoms with Crippen molar-refractivity contribution in [3.63, 3.8) is 0 Å². The van der Waals surface area contributed by atoms with E-state index in [-0.39, 0.29) is 6.04 Å². The average Bonchev–Trinajstić information content (AvgIpc) is 2.39. The number of anilines is 1. The molecule has 1 aromatic carbocycles. The molecule has 0 fully saturated rings. The van der Waals surface area contributed by atoms with Gasteiger partial charge in [0.15, 0.2) is 0 Å². The van der Waals surface area contributed by atoms with Gasteiger partial charge in [0.25, 0.3) is 0 Å². The molecule has 0 saturated carbocycles. The fraction of sp³-hybridized carbons (Fsp3) is 0.286. The molecule has 0 aliphatic carbocycles. The molecule has 18 heavy (non-hydrogen) atoms. The fourth-order valence-corrected chi connectivity index (χ4v) is 1.68. The molecule has 2 aromatic rings. The van der Waals surface area contributed by atoms with E-state index < -0.39 is 0 Å². The molecular weight excluding hydrogens is 224 g/mol. The molecule has 0 saturated heterocycles. The van der Waals surface area contributed by atoms with E-state index in [4.69, 9.17) is 5.73 Å². The first-order chi connectivity index (χ1) is 8.58. The Morgan fingerprint density at radius 3 is 2.33 bits per heavy atom. The van der Waals surface area contributed by atoms with Gasteiger partial charge in [-0.1, -0.05) is 24.3 Å². The van der Waals surface area contributed by atoms with Gasteiger partial charge >= 0.3 is 0 Å². The molecule has 0 aliphatic heterocycles. The fourth-order valence-electron chi connectivity index (χ4n) is 1.68. The molecule has 0 amide bonds. The quantitative estimate of drug-likeness (QED) is 0.896. The first-order valence-corrected chi connectivity index (χ1v) is 5.94. The van der Waals surface area contributed by atoms with Crippen LogP contribution in [0.4, 0.5) is 5.95 Å². The van der Waals surface area contributed by atoms with Crippen LogP contribution >= 0.6 is 0 Å². The Labute approximate surface area is 107 Å². The van der Waals surface area contributed by atoms with E-state index in [0.717, 1.165) is 16.8 Å². The topological polar surface area (TPSA) is 55.0 Å². The van der Waals surface area contributed by atoms with Crippen LogP contribution in [-0.2, 0) is 0 Å². The number of hydrogen-bond acceptors (Lipinski definition) is 4. The molecule has 1 aromatic heterocycles. The Balaban J connectivity index is 2.33. The Morgan fingerprint density at radius 1 is 1.11 bits per heavy atom. The second-order valence-corrected chi connectivity index (χ2v) is 4.55. The number of hydrogen-bond donors (Lipinski definition) is 1. The summed E-state index contributed by atoms with van der Waals surface area (Å²) in [5.41, 5.74) is 8.95. The van der Waals surface area contributed by atoms with Gasteiger partial charge < -0.3 is 10.6 Å². The zero-order valence-electron chi connectivity index (χ0n) is 11.0. The van der Waals surface area contributed by atoms with Crippen LogP contribution in [0.5, 0.6) is 0 Å². The predicted octanol–water partition coefficient (Wildman–Crippen LogP) is 2.23. The minimum atomic E-state index is 0.0572. The van der Waals surface area contributed by atoms with Gasteiger partial charge in [-0.15, -0.1) is 0 Å². The van der Waals surface area contributed by atoms with Gasteiger partial charge in [-0.25, -0.2) is 9.97 Å². The van der Waals surface area contributed by atoms with E-state index in [2.05, 4.69) is 9.97 Å². The average molecular weight is 242 g/mol. The largest absolute Gasteiger partial charge is 0.347 e. The Bertz CT molecular complexity index is 518. The summed E-state index contributed by atoms with van der Waals surface area (Å²) in [5, 5.41) is 0. The van der Waals surface area contributed by atoms with Crippen LogP contribution in [0.15, 0.2) is 36.5 Å². The second-order valence-electron chi connectivity index (χ2n) is 4.55. The summed E-state index contributed by atoms with van der Waals surface area (Å²) in [6.07, 6.45) is 1.77. The maximum Gasteiger partial charge on any atom is 0.225 e. The highest BCUT2D eigenvalue weighted by atomic mass is 15.2. The van der Waals surface area contributed by atoms with Crippen LogP contribution in [0.25, 0.3) is 11.3 Å². The van der Waals surface area contributed by atoms with Crippen LogP contribution in [0.3, 0.4) is 0 Å². The first kappa shape index (κ1) is 12.5. The van der Waals surface area contributed by atoms with Gasteiger partial charge in [-0.2, -0.15) is 0 Å². The van der Waals surface area contributed by atoms with Crippen molar-refractivity contribution in [3.8, 4) is 11.3 Å². The van der Waals surface area contributed by atoms with Crippen molar-refractivity contribution in [3.05, 3.63) is 42.1 Å². The van der Waals surface area contributed by atoms with E-state index in [1.165, 1.54) is 0 Å². The molecule has 4 heteroatoms. The van der Waals surface area contributed by atoms with Crippen molar-refractivity contribution < 1.29 is 0 Å². The number of nitrogens with zero attached hydrogens (tertiary/aromatic N) is 3. The van der Waals surface area contributed by atoms with Crippen molar-refractivity contribution in [1.29, 1.82) is 0 Å². The van der Waals surface area contributed by atoms with E-state index in [0.29, 0.717) is 5.95 Å². The standard InChI is InChI=1S/C14H18N4/c1-10(15)11-4-6-12(7-5-11)13-8-9-16-14(17-13)18(2)3/h4-10H,15H2,1-3H3. The molecule has 1 unspecified atom stereocenters. The van der Waals surface area contributed by atoms with E-state index in [1.54, 1.807) is 6.20 Å². The first-order valence-electron chi connectivity index (χ1n) is 5.94. The Morgan fingerprint density at radius 2 is 1.78 bits per heavy atom. The van der Waals surface area contributed by atoms with Crippen molar-refractivity contribution in [2.24, 2.45) is 5.73 Å². The smallest absolute Gasteiger partial charge is 0.225 e. The molecular formula is C14H18N4. The molecule has 1 atom stereocenters. The summed E-state index contributed by atoms with van der Waals surface area (Å²) in [4.78, 5) is 10.6. The molecule has 0 spiro atoms. The second kappa shape index (κ2) is 5.14.